The summed E-state index contributed by atoms with van der Waals surface area (Å²) in [5.74, 6) is 0. The van der Waals surface area contributed by atoms with Crippen molar-refractivity contribution in [2.45, 2.75) is 31.1 Å². The summed E-state index contributed by atoms with van der Waals surface area (Å²) in [7, 11) is 0. The summed E-state index contributed by atoms with van der Waals surface area (Å²) in [6.07, 6.45) is 5.27. The molecule has 1 fully saturated rings. The SMILES string of the molecule is Brc1ccc2c(c1)C1(CCCC1)c1cc(Br)ccc1-2. The lowest BCUT2D eigenvalue weighted by Gasteiger charge is -2.26. The zero-order valence-corrected chi connectivity index (χ0v) is 13.7. The summed E-state index contributed by atoms with van der Waals surface area (Å²) in [6, 6.07) is 13.6. The number of fused-ring (bicyclic) bond motifs is 5. The Kier molecular flexibility index (Phi) is 2.69. The minimum absolute atomic E-state index is 0.276. The fraction of sp³-hybridized carbons (Fsp3) is 0.294. The monoisotopic (exact) mass is 376 g/mol. The summed E-state index contributed by atoms with van der Waals surface area (Å²) >= 11 is 7.29. The molecule has 2 aromatic carbocycles. The van der Waals surface area contributed by atoms with Crippen molar-refractivity contribution < 1.29 is 0 Å². The normalized spacial score (nSPS) is 18.6. The Labute approximate surface area is 130 Å². The molecule has 96 valence electrons. The second-order valence-electron chi connectivity index (χ2n) is 5.67. The van der Waals surface area contributed by atoms with Gasteiger partial charge in [-0.2, -0.15) is 0 Å². The van der Waals surface area contributed by atoms with Gasteiger partial charge in [0.15, 0.2) is 0 Å². The first-order valence-corrected chi connectivity index (χ1v) is 8.40. The third-order valence-corrected chi connectivity index (χ3v) is 5.73. The number of halogens is 2. The highest BCUT2D eigenvalue weighted by Gasteiger charge is 2.44. The molecule has 0 amide bonds. The van der Waals surface area contributed by atoms with Crippen molar-refractivity contribution in [3.63, 3.8) is 0 Å². The number of hydrogen-bond acceptors (Lipinski definition) is 0. The zero-order valence-electron chi connectivity index (χ0n) is 10.5. The van der Waals surface area contributed by atoms with E-state index in [0.717, 1.165) is 0 Å². The van der Waals surface area contributed by atoms with Gasteiger partial charge in [0.05, 0.1) is 0 Å². The molecule has 0 N–H and O–H groups in total. The van der Waals surface area contributed by atoms with Gasteiger partial charge in [-0.25, -0.2) is 0 Å². The van der Waals surface area contributed by atoms with Gasteiger partial charge in [-0.05, 0) is 59.4 Å². The van der Waals surface area contributed by atoms with E-state index in [1.54, 1.807) is 0 Å². The van der Waals surface area contributed by atoms with Gasteiger partial charge in [0.2, 0.25) is 0 Å². The molecule has 1 spiro atoms. The number of benzene rings is 2. The van der Waals surface area contributed by atoms with E-state index in [-0.39, 0.29) is 5.41 Å². The molecule has 2 aliphatic rings. The number of rotatable bonds is 0. The fourth-order valence-corrected chi connectivity index (χ4v) is 4.68. The minimum Gasteiger partial charge on any atom is -0.0529 e. The van der Waals surface area contributed by atoms with Crippen LogP contribution in [0.1, 0.15) is 36.8 Å². The lowest BCUT2D eigenvalue weighted by atomic mass is 9.77. The highest BCUT2D eigenvalue weighted by Crippen LogP contribution is 2.57. The Morgan fingerprint density at radius 1 is 0.737 bits per heavy atom. The van der Waals surface area contributed by atoms with Gasteiger partial charge in [-0.15, -0.1) is 0 Å². The molecule has 2 heteroatoms. The molecule has 0 saturated heterocycles. The first-order chi connectivity index (χ1) is 9.21. The van der Waals surface area contributed by atoms with Crippen LogP contribution in [0.5, 0.6) is 0 Å². The van der Waals surface area contributed by atoms with Gasteiger partial charge in [-0.3, -0.25) is 0 Å². The topological polar surface area (TPSA) is 0 Å². The Bertz CT molecular complexity index is 613. The molecule has 4 rings (SSSR count). The number of hydrogen-bond donors (Lipinski definition) is 0. The Balaban J connectivity index is 2.07. The first-order valence-electron chi connectivity index (χ1n) is 6.81. The van der Waals surface area contributed by atoms with E-state index in [4.69, 9.17) is 0 Å². The lowest BCUT2D eigenvalue weighted by Crippen LogP contribution is -2.20. The van der Waals surface area contributed by atoms with Crippen LogP contribution in [-0.4, -0.2) is 0 Å². The van der Waals surface area contributed by atoms with Crippen LogP contribution >= 0.6 is 31.9 Å². The standard InChI is InChI=1S/C17H14Br2/c18-11-3-5-13-14-6-4-12(19)10-16(14)17(15(13)9-11)7-1-2-8-17/h3-6,9-10H,1-2,7-8H2. The smallest absolute Gasteiger partial charge is 0.0216 e. The highest BCUT2D eigenvalue weighted by atomic mass is 79.9. The van der Waals surface area contributed by atoms with Crippen LogP contribution in [0.15, 0.2) is 45.3 Å². The van der Waals surface area contributed by atoms with Crippen LogP contribution < -0.4 is 0 Å². The minimum atomic E-state index is 0.276. The van der Waals surface area contributed by atoms with Crippen molar-refractivity contribution in [1.82, 2.24) is 0 Å². The molecule has 0 radical (unpaired) electrons. The predicted octanol–water partition coefficient (Wildman–Crippen LogP) is 6.05. The maximum Gasteiger partial charge on any atom is 0.0216 e. The van der Waals surface area contributed by atoms with Gasteiger partial charge < -0.3 is 0 Å². The van der Waals surface area contributed by atoms with Crippen molar-refractivity contribution in [2.75, 3.05) is 0 Å². The summed E-state index contributed by atoms with van der Waals surface area (Å²) < 4.78 is 2.40. The van der Waals surface area contributed by atoms with E-state index < -0.39 is 0 Å². The summed E-state index contributed by atoms with van der Waals surface area (Å²) in [4.78, 5) is 0. The van der Waals surface area contributed by atoms with Gasteiger partial charge >= 0.3 is 0 Å². The van der Waals surface area contributed by atoms with Gasteiger partial charge in [-0.1, -0.05) is 56.8 Å². The molecular formula is C17H14Br2. The lowest BCUT2D eigenvalue weighted by molar-refractivity contribution is 0.549. The van der Waals surface area contributed by atoms with E-state index in [1.165, 1.54) is 56.9 Å². The van der Waals surface area contributed by atoms with Crippen molar-refractivity contribution in [3.8, 4) is 11.1 Å². The van der Waals surface area contributed by atoms with Crippen molar-refractivity contribution in [1.29, 1.82) is 0 Å². The van der Waals surface area contributed by atoms with Gasteiger partial charge in [0.1, 0.15) is 0 Å². The molecule has 0 bridgehead atoms. The van der Waals surface area contributed by atoms with Crippen LogP contribution in [0.3, 0.4) is 0 Å². The average molecular weight is 378 g/mol. The average Bonchev–Trinajstić information content (AvgIpc) is 2.97. The Hall–Kier alpha value is -0.600. The molecule has 0 aliphatic heterocycles. The first kappa shape index (κ1) is 12.2. The Morgan fingerprint density at radius 3 is 1.68 bits per heavy atom. The molecule has 0 heterocycles. The van der Waals surface area contributed by atoms with Crippen LogP contribution in [-0.2, 0) is 5.41 Å². The van der Waals surface area contributed by atoms with Crippen molar-refractivity contribution in [2.24, 2.45) is 0 Å². The zero-order chi connectivity index (χ0) is 13.0. The molecule has 2 aromatic rings. The van der Waals surface area contributed by atoms with Gasteiger partial charge in [0.25, 0.3) is 0 Å². The van der Waals surface area contributed by atoms with Crippen LogP contribution in [0.25, 0.3) is 11.1 Å². The third kappa shape index (κ3) is 1.62. The second kappa shape index (κ2) is 4.20. The molecule has 0 aromatic heterocycles. The quantitative estimate of drug-likeness (QED) is 0.524. The maximum absolute atomic E-state index is 3.65. The highest BCUT2D eigenvalue weighted by molar-refractivity contribution is 9.10. The van der Waals surface area contributed by atoms with E-state index in [1.807, 2.05) is 0 Å². The molecule has 1 saturated carbocycles. The third-order valence-electron chi connectivity index (χ3n) is 4.74. The molecule has 2 aliphatic carbocycles. The van der Waals surface area contributed by atoms with Crippen LogP contribution in [0.4, 0.5) is 0 Å². The maximum atomic E-state index is 3.65. The molecular weight excluding hydrogens is 364 g/mol. The molecule has 0 atom stereocenters. The van der Waals surface area contributed by atoms with E-state index in [9.17, 15) is 0 Å². The largest absolute Gasteiger partial charge is 0.0529 e. The summed E-state index contributed by atoms with van der Waals surface area (Å²) in [6.45, 7) is 0. The van der Waals surface area contributed by atoms with E-state index >= 15 is 0 Å². The van der Waals surface area contributed by atoms with Crippen LogP contribution in [0, 0.1) is 0 Å². The summed E-state index contributed by atoms with van der Waals surface area (Å²) in [5.41, 5.74) is 6.22. The fourth-order valence-electron chi connectivity index (χ4n) is 3.96. The second-order valence-corrected chi connectivity index (χ2v) is 7.50. The van der Waals surface area contributed by atoms with Gasteiger partial charge in [0, 0.05) is 14.4 Å². The van der Waals surface area contributed by atoms with E-state index in [2.05, 4.69) is 68.3 Å². The summed E-state index contributed by atoms with van der Waals surface area (Å²) in [5, 5.41) is 0. The van der Waals surface area contributed by atoms with Crippen molar-refractivity contribution >= 4 is 31.9 Å². The van der Waals surface area contributed by atoms with Crippen molar-refractivity contribution in [3.05, 3.63) is 56.5 Å². The Morgan fingerprint density at radius 2 is 1.21 bits per heavy atom. The molecule has 0 unspecified atom stereocenters. The van der Waals surface area contributed by atoms with Crippen LogP contribution in [0.2, 0.25) is 0 Å². The molecule has 19 heavy (non-hydrogen) atoms. The molecule has 0 nitrogen and oxygen atoms in total. The predicted molar refractivity (Wildman–Crippen MR) is 86.5 cm³/mol. The van der Waals surface area contributed by atoms with E-state index in [0.29, 0.717) is 0 Å².